The van der Waals surface area contributed by atoms with Crippen LogP contribution in [0, 0.1) is 13.8 Å². The number of carbonyl (C=O) groups is 1. The Bertz CT molecular complexity index is 793. The maximum absolute atomic E-state index is 11.8. The molecule has 6 nitrogen and oxygen atoms in total. The number of thioether (sulfide) groups is 1. The second-order valence-corrected chi connectivity index (χ2v) is 5.70. The average molecular weight is 302 g/mol. The molecule has 0 unspecified atom stereocenters. The second kappa shape index (κ2) is 5.61. The van der Waals surface area contributed by atoms with Gasteiger partial charge in [0, 0.05) is 6.07 Å². The predicted molar refractivity (Wildman–Crippen MR) is 81.4 cm³/mol. The van der Waals surface area contributed by atoms with E-state index in [4.69, 9.17) is 4.52 Å². The van der Waals surface area contributed by atoms with E-state index in [9.17, 15) is 4.79 Å². The SMILES string of the molecule is Cc1ccc2nc(SCC(=O)Nc3cc(C)no3)[nH]c2c1. The van der Waals surface area contributed by atoms with Crippen LogP contribution in [-0.2, 0) is 4.79 Å². The summed E-state index contributed by atoms with van der Waals surface area (Å²) in [5.74, 6) is 0.449. The van der Waals surface area contributed by atoms with E-state index < -0.39 is 0 Å². The van der Waals surface area contributed by atoms with Crippen molar-refractivity contribution in [2.45, 2.75) is 19.0 Å². The van der Waals surface area contributed by atoms with Crippen LogP contribution in [0.5, 0.6) is 0 Å². The van der Waals surface area contributed by atoms with Gasteiger partial charge in [-0.05, 0) is 31.5 Å². The third kappa shape index (κ3) is 3.25. The topological polar surface area (TPSA) is 83.8 Å². The second-order valence-electron chi connectivity index (χ2n) is 4.73. The third-order valence-corrected chi connectivity index (χ3v) is 3.72. The van der Waals surface area contributed by atoms with E-state index in [1.807, 2.05) is 25.1 Å². The number of hydrogen-bond acceptors (Lipinski definition) is 5. The minimum atomic E-state index is -0.159. The van der Waals surface area contributed by atoms with Gasteiger partial charge in [0.15, 0.2) is 5.16 Å². The van der Waals surface area contributed by atoms with Crippen molar-refractivity contribution in [3.8, 4) is 0 Å². The lowest BCUT2D eigenvalue weighted by molar-refractivity contribution is -0.113. The van der Waals surface area contributed by atoms with Gasteiger partial charge in [0.05, 0.1) is 22.5 Å². The molecule has 2 heterocycles. The number of benzene rings is 1. The summed E-state index contributed by atoms with van der Waals surface area (Å²) in [7, 11) is 0. The molecule has 3 rings (SSSR count). The highest BCUT2D eigenvalue weighted by atomic mass is 32.2. The zero-order valence-corrected chi connectivity index (χ0v) is 12.5. The fraction of sp³-hybridized carbons (Fsp3) is 0.214. The standard InChI is InChI=1S/C14H14N4O2S/c1-8-3-4-10-11(5-8)16-14(15-10)21-7-12(19)17-13-6-9(2)18-20-13/h3-6H,7H2,1-2H3,(H,15,16)(H,17,19). The number of imidazole rings is 1. The maximum Gasteiger partial charge on any atom is 0.237 e. The molecule has 2 aromatic heterocycles. The van der Waals surface area contributed by atoms with Gasteiger partial charge < -0.3 is 9.51 Å². The fourth-order valence-corrected chi connectivity index (χ4v) is 2.58. The van der Waals surface area contributed by atoms with Crippen LogP contribution in [0.25, 0.3) is 11.0 Å². The van der Waals surface area contributed by atoms with Gasteiger partial charge in [-0.2, -0.15) is 0 Å². The van der Waals surface area contributed by atoms with Crippen LogP contribution < -0.4 is 5.32 Å². The van der Waals surface area contributed by atoms with Gasteiger partial charge >= 0.3 is 0 Å². The molecule has 0 saturated carbocycles. The van der Waals surface area contributed by atoms with E-state index in [0.717, 1.165) is 21.9 Å². The molecule has 3 aromatic rings. The summed E-state index contributed by atoms with van der Waals surface area (Å²) < 4.78 is 4.93. The number of nitrogens with zero attached hydrogens (tertiary/aromatic N) is 2. The van der Waals surface area contributed by atoms with Gasteiger partial charge in [-0.25, -0.2) is 4.98 Å². The zero-order chi connectivity index (χ0) is 14.8. The monoisotopic (exact) mass is 302 g/mol. The van der Waals surface area contributed by atoms with Crippen LogP contribution in [0.2, 0.25) is 0 Å². The van der Waals surface area contributed by atoms with Crippen LogP contribution in [-0.4, -0.2) is 26.8 Å². The van der Waals surface area contributed by atoms with Crippen LogP contribution in [0.3, 0.4) is 0 Å². The molecule has 108 valence electrons. The molecule has 7 heteroatoms. The summed E-state index contributed by atoms with van der Waals surface area (Å²) in [6.45, 7) is 3.82. The van der Waals surface area contributed by atoms with Crippen molar-refractivity contribution < 1.29 is 9.32 Å². The molecule has 0 aliphatic heterocycles. The molecule has 2 N–H and O–H groups in total. The Morgan fingerprint density at radius 1 is 1.38 bits per heavy atom. The molecule has 0 spiro atoms. The molecule has 0 atom stereocenters. The van der Waals surface area contributed by atoms with E-state index in [0.29, 0.717) is 5.88 Å². The smallest absolute Gasteiger partial charge is 0.237 e. The van der Waals surface area contributed by atoms with Crippen molar-refractivity contribution in [2.75, 3.05) is 11.1 Å². The first-order valence-electron chi connectivity index (χ1n) is 6.42. The number of amides is 1. The normalized spacial score (nSPS) is 11.0. The number of nitrogens with one attached hydrogen (secondary N) is 2. The quantitative estimate of drug-likeness (QED) is 0.724. The number of rotatable bonds is 4. The first kappa shape index (κ1) is 13.7. The Morgan fingerprint density at radius 2 is 2.24 bits per heavy atom. The summed E-state index contributed by atoms with van der Waals surface area (Å²) in [4.78, 5) is 19.4. The number of aromatic nitrogens is 3. The van der Waals surface area contributed by atoms with Crippen molar-refractivity contribution in [1.29, 1.82) is 0 Å². The van der Waals surface area contributed by atoms with Crippen molar-refractivity contribution in [3.05, 3.63) is 35.5 Å². The first-order chi connectivity index (χ1) is 10.1. The molecular formula is C14H14N4O2S. The molecule has 0 radical (unpaired) electrons. The van der Waals surface area contributed by atoms with Crippen molar-refractivity contribution in [3.63, 3.8) is 0 Å². The Balaban J connectivity index is 1.61. The number of carbonyl (C=O) groups excluding carboxylic acids is 1. The molecule has 0 aliphatic rings. The number of H-pyrrole nitrogens is 1. The van der Waals surface area contributed by atoms with Gasteiger partial charge in [-0.15, -0.1) is 0 Å². The Labute approximate surface area is 125 Å². The number of aryl methyl sites for hydroxylation is 2. The minimum absolute atomic E-state index is 0.159. The van der Waals surface area contributed by atoms with Crippen molar-refractivity contribution in [2.24, 2.45) is 0 Å². The highest BCUT2D eigenvalue weighted by Gasteiger charge is 2.09. The molecule has 1 amide bonds. The summed E-state index contributed by atoms with van der Waals surface area (Å²) >= 11 is 1.35. The Hall–Kier alpha value is -2.28. The van der Waals surface area contributed by atoms with Gasteiger partial charge in [0.2, 0.25) is 11.8 Å². The van der Waals surface area contributed by atoms with Crippen molar-refractivity contribution in [1.82, 2.24) is 15.1 Å². The lowest BCUT2D eigenvalue weighted by atomic mass is 10.2. The fourth-order valence-electron chi connectivity index (χ4n) is 1.90. The van der Waals surface area contributed by atoms with E-state index in [1.54, 1.807) is 13.0 Å². The minimum Gasteiger partial charge on any atom is -0.338 e. The highest BCUT2D eigenvalue weighted by Crippen LogP contribution is 2.20. The number of aromatic amines is 1. The maximum atomic E-state index is 11.8. The molecule has 0 aliphatic carbocycles. The predicted octanol–water partition coefficient (Wildman–Crippen LogP) is 2.90. The Morgan fingerprint density at radius 3 is 3.00 bits per heavy atom. The number of anilines is 1. The summed E-state index contributed by atoms with van der Waals surface area (Å²) in [5.41, 5.74) is 3.77. The number of fused-ring (bicyclic) bond motifs is 1. The summed E-state index contributed by atoms with van der Waals surface area (Å²) in [6, 6.07) is 7.68. The molecule has 1 aromatic carbocycles. The summed E-state index contributed by atoms with van der Waals surface area (Å²) in [6.07, 6.45) is 0. The van der Waals surface area contributed by atoms with Gasteiger partial charge in [0.1, 0.15) is 0 Å². The molecule has 0 fully saturated rings. The van der Waals surface area contributed by atoms with Gasteiger partial charge in [0.25, 0.3) is 0 Å². The largest absolute Gasteiger partial charge is 0.338 e. The van der Waals surface area contributed by atoms with Gasteiger partial charge in [-0.1, -0.05) is 23.0 Å². The molecule has 0 bridgehead atoms. The van der Waals surface area contributed by atoms with Crippen LogP contribution in [0.1, 0.15) is 11.3 Å². The average Bonchev–Trinajstić information content (AvgIpc) is 3.02. The number of hydrogen-bond donors (Lipinski definition) is 2. The molecule has 0 saturated heterocycles. The Kier molecular flexibility index (Phi) is 3.66. The van der Waals surface area contributed by atoms with Crippen LogP contribution in [0.4, 0.5) is 5.88 Å². The highest BCUT2D eigenvalue weighted by molar-refractivity contribution is 7.99. The zero-order valence-electron chi connectivity index (χ0n) is 11.6. The lowest BCUT2D eigenvalue weighted by Crippen LogP contribution is -2.13. The van der Waals surface area contributed by atoms with Crippen molar-refractivity contribution >= 4 is 34.6 Å². The van der Waals surface area contributed by atoms with Crippen LogP contribution >= 0.6 is 11.8 Å². The molecule has 21 heavy (non-hydrogen) atoms. The van der Waals surface area contributed by atoms with E-state index >= 15 is 0 Å². The van der Waals surface area contributed by atoms with E-state index in [1.165, 1.54) is 17.3 Å². The summed E-state index contributed by atoms with van der Waals surface area (Å²) in [5, 5.41) is 7.08. The third-order valence-electron chi connectivity index (χ3n) is 2.85. The van der Waals surface area contributed by atoms with E-state index in [-0.39, 0.29) is 11.7 Å². The molecular weight excluding hydrogens is 288 g/mol. The van der Waals surface area contributed by atoms with E-state index in [2.05, 4.69) is 20.4 Å². The van der Waals surface area contributed by atoms with Gasteiger partial charge in [-0.3, -0.25) is 10.1 Å². The lowest BCUT2D eigenvalue weighted by Gasteiger charge is -1.98. The van der Waals surface area contributed by atoms with Crippen LogP contribution in [0.15, 0.2) is 33.9 Å². The first-order valence-corrected chi connectivity index (χ1v) is 7.41.